The molecule has 0 spiro atoms. The van der Waals surface area contributed by atoms with Crippen molar-refractivity contribution in [1.29, 1.82) is 0 Å². The summed E-state index contributed by atoms with van der Waals surface area (Å²) in [5.41, 5.74) is 6.56. The van der Waals surface area contributed by atoms with Gasteiger partial charge in [-0.05, 0) is 42.9 Å². The van der Waals surface area contributed by atoms with Crippen molar-refractivity contribution in [2.75, 3.05) is 0 Å². The van der Waals surface area contributed by atoms with Crippen LogP contribution in [0.2, 0.25) is 0 Å². The van der Waals surface area contributed by atoms with E-state index < -0.39 is 72.6 Å². The van der Waals surface area contributed by atoms with Gasteiger partial charge in [0.2, 0.25) is 17.7 Å². The highest BCUT2D eigenvalue weighted by molar-refractivity contribution is 5.94. The Labute approximate surface area is 218 Å². The molecular weight excluding hydrogens is 504 g/mol. The molecule has 1 aromatic carbocycles. The Hall–Kier alpha value is -4.20. The monoisotopic (exact) mass is 538 g/mol. The molecule has 0 aliphatic rings. The molecule has 0 aromatic heterocycles. The third kappa shape index (κ3) is 11.7. The number of rotatable bonds is 16. The third-order valence-electron chi connectivity index (χ3n) is 5.34. The van der Waals surface area contributed by atoms with E-state index in [1.807, 2.05) is 0 Å². The van der Waals surface area contributed by atoms with Crippen LogP contribution in [-0.4, -0.2) is 80.2 Å². The van der Waals surface area contributed by atoms with Gasteiger partial charge in [-0.15, -0.1) is 0 Å². The molecule has 0 radical (unpaired) electrons. The number of aromatic hydroxyl groups is 1. The van der Waals surface area contributed by atoms with Gasteiger partial charge in [-0.1, -0.05) is 26.0 Å². The average Bonchev–Trinajstić information content (AvgIpc) is 2.81. The highest BCUT2D eigenvalue weighted by Crippen LogP contribution is 2.12. The van der Waals surface area contributed by atoms with Crippen LogP contribution >= 0.6 is 0 Å². The molecule has 210 valence electrons. The Morgan fingerprint density at radius 2 is 1.32 bits per heavy atom. The third-order valence-corrected chi connectivity index (χ3v) is 5.34. The highest BCUT2D eigenvalue weighted by atomic mass is 16.4. The number of carboxylic acid groups (broad SMARTS) is 3. The van der Waals surface area contributed by atoms with Crippen LogP contribution in [0, 0.1) is 5.92 Å². The van der Waals surface area contributed by atoms with Gasteiger partial charge in [-0.2, -0.15) is 0 Å². The minimum atomic E-state index is -1.74. The maximum atomic E-state index is 13.0. The molecule has 9 N–H and O–H groups in total. The van der Waals surface area contributed by atoms with Crippen molar-refractivity contribution < 1.29 is 49.2 Å². The van der Waals surface area contributed by atoms with Crippen molar-refractivity contribution in [2.24, 2.45) is 11.7 Å². The maximum absolute atomic E-state index is 13.0. The van der Waals surface area contributed by atoms with Crippen molar-refractivity contribution in [2.45, 2.75) is 70.1 Å². The molecule has 0 saturated heterocycles. The van der Waals surface area contributed by atoms with Gasteiger partial charge in [0, 0.05) is 6.42 Å². The van der Waals surface area contributed by atoms with Gasteiger partial charge in [0.1, 0.15) is 23.9 Å². The lowest BCUT2D eigenvalue weighted by Crippen LogP contribution is -2.57. The van der Waals surface area contributed by atoms with Gasteiger partial charge in [0.25, 0.3) is 0 Å². The van der Waals surface area contributed by atoms with Crippen molar-refractivity contribution in [3.63, 3.8) is 0 Å². The number of aliphatic carboxylic acids is 3. The fourth-order valence-electron chi connectivity index (χ4n) is 3.42. The second-order valence-electron chi connectivity index (χ2n) is 9.16. The molecule has 0 aliphatic heterocycles. The average molecular weight is 539 g/mol. The fraction of sp³-hybridized carbons (Fsp3) is 0.500. The number of hydrogen-bond acceptors (Lipinski definition) is 8. The van der Waals surface area contributed by atoms with Crippen LogP contribution in [0.5, 0.6) is 5.75 Å². The van der Waals surface area contributed by atoms with Crippen molar-refractivity contribution in [3.05, 3.63) is 29.8 Å². The number of nitrogens with two attached hydrogens (primary N) is 1. The van der Waals surface area contributed by atoms with E-state index in [1.165, 1.54) is 12.1 Å². The highest BCUT2D eigenvalue weighted by Gasteiger charge is 2.31. The summed E-state index contributed by atoms with van der Waals surface area (Å²) in [5, 5.41) is 43.4. The van der Waals surface area contributed by atoms with E-state index in [1.54, 1.807) is 26.0 Å². The number of carboxylic acids is 3. The summed E-state index contributed by atoms with van der Waals surface area (Å²) in [6.07, 6.45) is -1.62. The van der Waals surface area contributed by atoms with Gasteiger partial charge in [-0.3, -0.25) is 24.0 Å². The molecule has 1 rings (SSSR count). The van der Waals surface area contributed by atoms with Crippen LogP contribution in [-0.2, 0) is 35.2 Å². The normalized spacial score (nSPS) is 14.0. The minimum Gasteiger partial charge on any atom is -0.508 e. The van der Waals surface area contributed by atoms with E-state index in [0.29, 0.717) is 5.56 Å². The zero-order valence-electron chi connectivity index (χ0n) is 21.0. The van der Waals surface area contributed by atoms with Crippen LogP contribution in [0.25, 0.3) is 0 Å². The van der Waals surface area contributed by atoms with E-state index in [2.05, 4.69) is 16.0 Å². The molecule has 14 heteroatoms. The summed E-state index contributed by atoms with van der Waals surface area (Å²) in [5.74, 6) is -7.03. The number of amides is 3. The Kier molecular flexibility index (Phi) is 12.7. The second kappa shape index (κ2) is 15.1. The number of phenols is 1. The molecule has 38 heavy (non-hydrogen) atoms. The molecule has 0 aliphatic carbocycles. The Morgan fingerprint density at radius 3 is 1.82 bits per heavy atom. The first-order chi connectivity index (χ1) is 17.7. The maximum Gasteiger partial charge on any atom is 0.326 e. The van der Waals surface area contributed by atoms with E-state index in [9.17, 15) is 39.0 Å². The smallest absolute Gasteiger partial charge is 0.326 e. The summed E-state index contributed by atoms with van der Waals surface area (Å²) in [6, 6.07) is 0.382. The number of nitrogens with one attached hydrogen (secondary N) is 3. The summed E-state index contributed by atoms with van der Waals surface area (Å²) < 4.78 is 0. The standard InChI is InChI=1S/C24H34N4O10/c1-12(2)9-17(23(36)28-18(24(37)38)11-20(32)33)27-22(35)16(7-8-19(30)31)26-21(34)15(25)10-13-3-5-14(29)6-4-13/h3-6,12,15-18,29H,7-11,25H2,1-2H3,(H,26,34)(H,27,35)(H,28,36)(H,30,31)(H,32,33)(H,37,38). The lowest BCUT2D eigenvalue weighted by molar-refractivity contribution is -0.147. The molecule has 0 bridgehead atoms. The van der Waals surface area contributed by atoms with Gasteiger partial charge in [0.15, 0.2) is 0 Å². The lowest BCUT2D eigenvalue weighted by atomic mass is 10.0. The number of carbonyl (C=O) groups excluding carboxylic acids is 3. The Bertz CT molecular complexity index is 1010. The number of phenolic OH excluding ortho intramolecular Hbond substituents is 1. The Morgan fingerprint density at radius 1 is 0.789 bits per heavy atom. The fourth-order valence-corrected chi connectivity index (χ4v) is 3.42. The van der Waals surface area contributed by atoms with Crippen LogP contribution in [0.3, 0.4) is 0 Å². The predicted octanol–water partition coefficient (Wildman–Crippen LogP) is -0.813. The van der Waals surface area contributed by atoms with Crippen molar-refractivity contribution in [3.8, 4) is 5.75 Å². The van der Waals surface area contributed by atoms with Crippen LogP contribution in [0.4, 0.5) is 0 Å². The molecule has 0 saturated carbocycles. The topological polar surface area (TPSA) is 245 Å². The summed E-state index contributed by atoms with van der Waals surface area (Å²) in [4.78, 5) is 71.8. The van der Waals surface area contributed by atoms with E-state index in [0.717, 1.165) is 0 Å². The molecule has 4 unspecified atom stereocenters. The van der Waals surface area contributed by atoms with Gasteiger partial charge in [-0.25, -0.2) is 4.79 Å². The number of benzene rings is 1. The molecule has 1 aromatic rings. The van der Waals surface area contributed by atoms with Crippen LogP contribution in [0.15, 0.2) is 24.3 Å². The first kappa shape index (κ1) is 31.8. The van der Waals surface area contributed by atoms with Crippen LogP contribution < -0.4 is 21.7 Å². The molecule has 14 nitrogen and oxygen atoms in total. The first-order valence-corrected chi connectivity index (χ1v) is 11.8. The van der Waals surface area contributed by atoms with Gasteiger partial charge < -0.3 is 42.1 Å². The van der Waals surface area contributed by atoms with Crippen molar-refractivity contribution in [1.82, 2.24) is 16.0 Å². The molecule has 3 amide bonds. The molecule has 0 heterocycles. The van der Waals surface area contributed by atoms with Gasteiger partial charge >= 0.3 is 17.9 Å². The zero-order valence-corrected chi connectivity index (χ0v) is 21.0. The quantitative estimate of drug-likeness (QED) is 0.129. The zero-order chi connectivity index (χ0) is 29.0. The minimum absolute atomic E-state index is 0.0230. The van der Waals surface area contributed by atoms with Crippen molar-refractivity contribution >= 4 is 35.6 Å². The largest absolute Gasteiger partial charge is 0.508 e. The Balaban J connectivity index is 3.01. The van der Waals surface area contributed by atoms with Crippen LogP contribution in [0.1, 0.15) is 45.1 Å². The first-order valence-electron chi connectivity index (χ1n) is 11.8. The summed E-state index contributed by atoms with van der Waals surface area (Å²) in [7, 11) is 0. The molecule has 4 atom stereocenters. The number of hydrogen-bond donors (Lipinski definition) is 8. The second-order valence-corrected chi connectivity index (χ2v) is 9.16. The van der Waals surface area contributed by atoms with E-state index in [4.69, 9.17) is 15.9 Å². The summed E-state index contributed by atoms with van der Waals surface area (Å²) in [6.45, 7) is 3.45. The predicted molar refractivity (Wildman–Crippen MR) is 132 cm³/mol. The summed E-state index contributed by atoms with van der Waals surface area (Å²) >= 11 is 0. The van der Waals surface area contributed by atoms with E-state index >= 15 is 0 Å². The number of carbonyl (C=O) groups is 6. The van der Waals surface area contributed by atoms with E-state index in [-0.39, 0.29) is 30.9 Å². The van der Waals surface area contributed by atoms with Gasteiger partial charge in [0.05, 0.1) is 12.5 Å². The molecule has 0 fully saturated rings. The lowest BCUT2D eigenvalue weighted by Gasteiger charge is -2.25. The SMILES string of the molecule is CC(C)CC(NC(=O)C(CCC(=O)O)NC(=O)C(N)Cc1ccc(O)cc1)C(=O)NC(CC(=O)O)C(=O)O. The molecular formula is C24H34N4O10.